The second-order valence-corrected chi connectivity index (χ2v) is 6.81. The summed E-state index contributed by atoms with van der Waals surface area (Å²) in [6, 6.07) is 0. The number of ether oxygens (including phenoxy) is 1. The van der Waals surface area contributed by atoms with Crippen LogP contribution in [0.1, 0.15) is 19.6 Å². The van der Waals surface area contributed by atoms with Gasteiger partial charge in [0.1, 0.15) is 12.2 Å². The van der Waals surface area contributed by atoms with Crippen molar-refractivity contribution >= 4 is 24.9 Å². The molecule has 1 aliphatic heterocycles. The molecule has 0 amide bonds. The highest BCUT2D eigenvalue weighted by Crippen LogP contribution is 2.42. The van der Waals surface area contributed by atoms with Gasteiger partial charge in [0.2, 0.25) is 5.52 Å². The van der Waals surface area contributed by atoms with E-state index >= 15 is 0 Å². The Hall–Kier alpha value is -1.82. The fraction of sp³-hybridized carbons (Fsp3) is 0.583. The number of aromatic amines is 1. The maximum atomic E-state index is 12.2. The zero-order chi connectivity index (χ0) is 18.4. The predicted octanol–water partition coefficient (Wildman–Crippen LogP) is -1.63. The summed E-state index contributed by atoms with van der Waals surface area (Å²) in [6.45, 7) is 1.84. The van der Waals surface area contributed by atoms with Crippen LogP contribution in [0, 0.1) is 0 Å². The van der Waals surface area contributed by atoms with Crippen LogP contribution in [-0.2, 0) is 20.4 Å². The van der Waals surface area contributed by atoms with Gasteiger partial charge in [-0.1, -0.05) is 4.98 Å². The number of phosphoric acid groups is 1. The third kappa shape index (κ3) is 3.45. The van der Waals surface area contributed by atoms with E-state index in [2.05, 4.69) is 9.97 Å². The average Bonchev–Trinajstić information content (AvgIpc) is 3.06. The molecule has 0 aliphatic carbocycles. The van der Waals surface area contributed by atoms with Gasteiger partial charge in [-0.05, 0) is 6.92 Å². The Labute approximate surface area is 141 Å². The summed E-state index contributed by atoms with van der Waals surface area (Å²) in [7, 11) is -4.74. The Morgan fingerprint density at radius 2 is 2.32 bits per heavy atom. The summed E-state index contributed by atoms with van der Waals surface area (Å²) in [4.78, 5) is 36.7. The quantitative estimate of drug-likeness (QED) is 0.303. The zero-order valence-corrected chi connectivity index (χ0v) is 14.2. The number of phosphoric ester groups is 1. The van der Waals surface area contributed by atoms with E-state index in [4.69, 9.17) is 24.8 Å². The van der Waals surface area contributed by atoms with Crippen molar-refractivity contribution in [2.75, 3.05) is 12.3 Å². The van der Waals surface area contributed by atoms with Crippen LogP contribution in [0.4, 0.5) is 5.95 Å². The van der Waals surface area contributed by atoms with Crippen molar-refractivity contribution in [1.82, 2.24) is 14.5 Å². The van der Waals surface area contributed by atoms with Crippen LogP contribution in [0.25, 0.3) is 11.2 Å². The Balaban J connectivity index is 2.02. The van der Waals surface area contributed by atoms with E-state index in [0.717, 1.165) is 0 Å². The lowest BCUT2D eigenvalue weighted by molar-refractivity contribution is -0.739. The number of fused-ring (bicyclic) bond motifs is 1. The highest BCUT2D eigenvalue weighted by atomic mass is 31.2. The Morgan fingerprint density at radius 1 is 1.60 bits per heavy atom. The number of rotatable bonds is 5. The standard InChI is InChI=1S/C12H18N5O7P/c1-2-16-5-17(10-9(16)11(19)15-12(13)14-10)8-3-6(7(4-18)23-8)24-25(20,21)22/h5-8,18H,2-4H2,1H3,(H4-,13,14,15,19,20,21,22)/p+1. The van der Waals surface area contributed by atoms with E-state index in [1.165, 1.54) is 4.57 Å². The van der Waals surface area contributed by atoms with Gasteiger partial charge in [0.25, 0.3) is 11.5 Å². The van der Waals surface area contributed by atoms with Crippen molar-refractivity contribution in [3.05, 3.63) is 16.7 Å². The molecule has 138 valence electrons. The topological polar surface area (TPSA) is 177 Å². The van der Waals surface area contributed by atoms with Gasteiger partial charge in [-0.25, -0.2) is 9.13 Å². The zero-order valence-electron chi connectivity index (χ0n) is 13.3. The van der Waals surface area contributed by atoms with Crippen molar-refractivity contribution in [1.29, 1.82) is 0 Å². The van der Waals surface area contributed by atoms with Crippen LogP contribution in [0.5, 0.6) is 0 Å². The highest BCUT2D eigenvalue weighted by Gasteiger charge is 2.43. The number of hydrogen-bond donors (Lipinski definition) is 5. The van der Waals surface area contributed by atoms with Crippen LogP contribution in [0.2, 0.25) is 0 Å². The minimum Gasteiger partial charge on any atom is -0.394 e. The van der Waals surface area contributed by atoms with Gasteiger partial charge in [0, 0.05) is 6.42 Å². The normalized spacial score (nSPS) is 24.2. The molecule has 0 spiro atoms. The molecule has 13 heteroatoms. The third-order valence-corrected chi connectivity index (χ3v) is 4.52. The van der Waals surface area contributed by atoms with Crippen molar-refractivity contribution in [2.24, 2.45) is 0 Å². The second kappa shape index (κ2) is 6.48. The number of aliphatic hydroxyl groups excluding tert-OH is 1. The minimum absolute atomic E-state index is 0.0538. The first-order valence-electron chi connectivity index (χ1n) is 7.53. The van der Waals surface area contributed by atoms with E-state index in [0.29, 0.717) is 12.1 Å². The first kappa shape index (κ1) is 18.0. The molecule has 3 atom stereocenters. The van der Waals surface area contributed by atoms with Crippen LogP contribution < -0.4 is 15.9 Å². The number of anilines is 1. The van der Waals surface area contributed by atoms with Crippen molar-refractivity contribution < 1.29 is 33.3 Å². The van der Waals surface area contributed by atoms with Crippen LogP contribution in [0.3, 0.4) is 0 Å². The molecule has 3 unspecified atom stereocenters. The van der Waals surface area contributed by atoms with E-state index in [1.807, 2.05) is 6.92 Å². The number of hydrogen-bond acceptors (Lipinski definition) is 7. The molecular weight excluding hydrogens is 357 g/mol. The van der Waals surface area contributed by atoms with Gasteiger partial charge < -0.3 is 25.4 Å². The number of nitrogen functional groups attached to an aromatic ring is 1. The second-order valence-electron chi connectivity index (χ2n) is 5.61. The molecule has 6 N–H and O–H groups in total. The first-order valence-corrected chi connectivity index (χ1v) is 9.06. The monoisotopic (exact) mass is 376 g/mol. The summed E-state index contributed by atoms with van der Waals surface area (Å²) in [5.41, 5.74) is 5.75. The summed E-state index contributed by atoms with van der Waals surface area (Å²) in [6.07, 6.45) is -1.02. The number of aromatic nitrogens is 4. The molecule has 0 bridgehead atoms. The number of aryl methyl sites for hydroxylation is 1. The molecule has 1 fully saturated rings. The molecule has 1 aliphatic rings. The van der Waals surface area contributed by atoms with Gasteiger partial charge >= 0.3 is 13.5 Å². The van der Waals surface area contributed by atoms with Crippen molar-refractivity contribution in [3.63, 3.8) is 0 Å². The first-order chi connectivity index (χ1) is 11.7. The summed E-state index contributed by atoms with van der Waals surface area (Å²) < 4.78 is 24.6. The van der Waals surface area contributed by atoms with Gasteiger partial charge in [-0.3, -0.25) is 18.9 Å². The number of nitrogens with one attached hydrogen (secondary N) is 1. The lowest BCUT2D eigenvalue weighted by Crippen LogP contribution is -2.39. The van der Waals surface area contributed by atoms with Gasteiger partial charge in [-0.2, -0.15) is 0 Å². The van der Waals surface area contributed by atoms with Crippen molar-refractivity contribution in [3.8, 4) is 0 Å². The van der Waals surface area contributed by atoms with E-state index in [-0.39, 0.29) is 18.0 Å². The maximum absolute atomic E-state index is 12.2. The molecule has 25 heavy (non-hydrogen) atoms. The van der Waals surface area contributed by atoms with E-state index in [9.17, 15) is 14.5 Å². The summed E-state index contributed by atoms with van der Waals surface area (Å²) in [5.74, 6) is -0.0696. The van der Waals surface area contributed by atoms with Crippen LogP contribution in [0.15, 0.2) is 11.1 Å². The lowest BCUT2D eigenvalue weighted by atomic mass is 10.2. The Bertz CT molecular complexity index is 890. The molecular formula is C12H19N5O7P+. The fourth-order valence-electron chi connectivity index (χ4n) is 2.95. The number of H-pyrrole nitrogens is 1. The van der Waals surface area contributed by atoms with Crippen molar-refractivity contribution in [2.45, 2.75) is 38.3 Å². The largest absolute Gasteiger partial charge is 0.469 e. The molecule has 12 nitrogen and oxygen atoms in total. The molecule has 1 saturated heterocycles. The molecule has 2 aromatic heterocycles. The Kier molecular flexibility index (Phi) is 4.66. The molecule has 2 aromatic rings. The lowest BCUT2D eigenvalue weighted by Gasteiger charge is -2.16. The number of nitrogens with zero attached hydrogens (tertiary/aromatic N) is 3. The third-order valence-electron chi connectivity index (χ3n) is 3.97. The van der Waals surface area contributed by atoms with Crippen LogP contribution in [-0.4, -0.2) is 48.2 Å². The summed E-state index contributed by atoms with van der Waals surface area (Å²) >= 11 is 0. The Morgan fingerprint density at radius 3 is 2.92 bits per heavy atom. The van der Waals surface area contributed by atoms with Crippen LogP contribution >= 0.6 is 7.82 Å². The molecule has 0 aromatic carbocycles. The number of imidazole rings is 1. The fourth-order valence-corrected chi connectivity index (χ4v) is 3.52. The predicted molar refractivity (Wildman–Crippen MR) is 83.2 cm³/mol. The minimum atomic E-state index is -4.74. The molecule has 3 heterocycles. The smallest absolute Gasteiger partial charge is 0.394 e. The molecule has 0 radical (unpaired) electrons. The van der Waals surface area contributed by atoms with E-state index < -0.39 is 38.4 Å². The average molecular weight is 376 g/mol. The maximum Gasteiger partial charge on any atom is 0.469 e. The van der Waals surface area contributed by atoms with Gasteiger partial charge in [0.05, 0.1) is 13.2 Å². The summed E-state index contributed by atoms with van der Waals surface area (Å²) in [5, 5.41) is 9.39. The highest BCUT2D eigenvalue weighted by molar-refractivity contribution is 7.46. The SMILES string of the molecule is CCn1c[n+](C2CC(OP(=O)(O)O)C(CO)O2)c2nc(N)[nH]c(=O)c21. The van der Waals surface area contributed by atoms with E-state index in [1.54, 1.807) is 10.9 Å². The van der Waals surface area contributed by atoms with Gasteiger partial charge in [0.15, 0.2) is 12.6 Å². The molecule has 0 saturated carbocycles. The molecule has 3 rings (SSSR count). The van der Waals surface area contributed by atoms with Gasteiger partial charge in [-0.15, -0.1) is 0 Å². The number of nitrogens with two attached hydrogens (primary N) is 1. The number of aliphatic hydroxyl groups is 1.